The molecule has 1 aromatic heterocycles. The summed E-state index contributed by atoms with van der Waals surface area (Å²) in [5.41, 5.74) is 2.13. The normalized spacial score (nSPS) is 16.8. The van der Waals surface area contributed by atoms with E-state index in [4.69, 9.17) is 9.73 Å². The minimum Gasteiger partial charge on any atom is -0.381 e. The number of hydrogen-bond acceptors (Lipinski definition) is 4. The van der Waals surface area contributed by atoms with Crippen LogP contribution in [0.1, 0.15) is 36.0 Å². The van der Waals surface area contributed by atoms with Crippen LogP contribution < -0.4 is 10.6 Å². The Morgan fingerprint density at radius 2 is 2.00 bits per heavy atom. The van der Waals surface area contributed by atoms with Crippen molar-refractivity contribution in [1.82, 2.24) is 15.6 Å². The van der Waals surface area contributed by atoms with Crippen LogP contribution in [0.15, 0.2) is 34.6 Å². The maximum absolute atomic E-state index is 13.4. The molecule has 0 aliphatic carbocycles. The quantitative estimate of drug-likeness (QED) is 0.548. The molecule has 3 rings (SSSR count). The van der Waals surface area contributed by atoms with Gasteiger partial charge in [-0.15, -0.1) is 11.3 Å². The Hall–Kier alpha value is -1.99. The van der Waals surface area contributed by atoms with Gasteiger partial charge >= 0.3 is 0 Å². The van der Waals surface area contributed by atoms with Gasteiger partial charge in [-0.2, -0.15) is 0 Å². The molecule has 0 bridgehead atoms. The fraction of sp³-hybridized carbons (Fsp3) is 0.524. The Morgan fingerprint density at radius 1 is 1.25 bits per heavy atom. The highest BCUT2D eigenvalue weighted by atomic mass is 32.1. The summed E-state index contributed by atoms with van der Waals surface area (Å²) in [6, 6.07) is 6.85. The zero-order valence-corrected chi connectivity index (χ0v) is 17.4. The van der Waals surface area contributed by atoms with Gasteiger partial charge in [-0.05, 0) is 44.4 Å². The molecule has 0 radical (unpaired) electrons. The molecule has 1 aliphatic heterocycles. The number of nitrogens with one attached hydrogen (secondary N) is 2. The number of guanidine groups is 1. The summed E-state index contributed by atoms with van der Waals surface area (Å²) >= 11 is 1.68. The monoisotopic (exact) mass is 404 g/mol. The highest BCUT2D eigenvalue weighted by Gasteiger charge is 2.34. The van der Waals surface area contributed by atoms with E-state index < -0.39 is 0 Å². The van der Waals surface area contributed by atoms with Crippen LogP contribution in [0, 0.1) is 12.7 Å². The SMILES string of the molecule is CCNC(=NCC1(c2ccc(F)cc2)CCOCC1)NCCc1csc(C)n1. The molecular weight excluding hydrogens is 375 g/mol. The van der Waals surface area contributed by atoms with E-state index in [1.54, 1.807) is 11.3 Å². The first kappa shape index (κ1) is 20.7. The average molecular weight is 405 g/mol. The molecule has 0 unspecified atom stereocenters. The van der Waals surface area contributed by atoms with Crippen molar-refractivity contribution < 1.29 is 9.13 Å². The second-order valence-corrected chi connectivity index (χ2v) is 8.19. The van der Waals surface area contributed by atoms with Crippen LogP contribution in [-0.4, -0.2) is 43.8 Å². The van der Waals surface area contributed by atoms with Crippen LogP contribution in [-0.2, 0) is 16.6 Å². The lowest BCUT2D eigenvalue weighted by molar-refractivity contribution is 0.0531. The summed E-state index contributed by atoms with van der Waals surface area (Å²) in [7, 11) is 0. The van der Waals surface area contributed by atoms with Crippen molar-refractivity contribution in [3.63, 3.8) is 0 Å². The molecule has 0 spiro atoms. The third-order valence-corrected chi connectivity index (χ3v) is 5.95. The zero-order valence-electron chi connectivity index (χ0n) is 16.6. The van der Waals surface area contributed by atoms with Gasteiger partial charge in [0.15, 0.2) is 5.96 Å². The average Bonchev–Trinajstić information content (AvgIpc) is 3.12. The predicted octanol–water partition coefficient (Wildman–Crippen LogP) is 3.44. The smallest absolute Gasteiger partial charge is 0.191 e. The summed E-state index contributed by atoms with van der Waals surface area (Å²) in [6.45, 7) is 7.73. The summed E-state index contributed by atoms with van der Waals surface area (Å²) in [5.74, 6) is 0.601. The number of hydrogen-bond donors (Lipinski definition) is 2. The molecule has 152 valence electrons. The molecule has 1 aromatic carbocycles. The van der Waals surface area contributed by atoms with Crippen LogP contribution >= 0.6 is 11.3 Å². The fourth-order valence-electron chi connectivity index (χ4n) is 3.51. The topological polar surface area (TPSA) is 58.5 Å². The third-order valence-electron chi connectivity index (χ3n) is 5.13. The summed E-state index contributed by atoms with van der Waals surface area (Å²) in [4.78, 5) is 9.38. The van der Waals surface area contributed by atoms with Gasteiger partial charge in [0, 0.05) is 43.5 Å². The molecule has 1 aliphatic rings. The maximum Gasteiger partial charge on any atom is 0.191 e. The summed E-state index contributed by atoms with van der Waals surface area (Å²) in [6.07, 6.45) is 2.64. The molecule has 7 heteroatoms. The number of aryl methyl sites for hydroxylation is 1. The van der Waals surface area contributed by atoms with Crippen molar-refractivity contribution >= 4 is 17.3 Å². The van der Waals surface area contributed by atoms with E-state index in [1.165, 1.54) is 12.1 Å². The summed E-state index contributed by atoms with van der Waals surface area (Å²) in [5, 5.41) is 9.93. The highest BCUT2D eigenvalue weighted by Crippen LogP contribution is 2.35. The molecule has 1 saturated heterocycles. The maximum atomic E-state index is 13.4. The van der Waals surface area contributed by atoms with Crippen molar-refractivity contribution in [1.29, 1.82) is 0 Å². The predicted molar refractivity (Wildman–Crippen MR) is 113 cm³/mol. The first-order chi connectivity index (χ1) is 13.6. The molecular formula is C21H29FN4OS. The third kappa shape index (κ3) is 5.52. The Kier molecular flexibility index (Phi) is 7.39. The van der Waals surface area contributed by atoms with Gasteiger partial charge < -0.3 is 15.4 Å². The van der Waals surface area contributed by atoms with Crippen LogP contribution in [0.4, 0.5) is 4.39 Å². The standard InChI is InChI=1S/C21H29FN4OS/c1-3-23-20(24-11-8-19-14-28-16(2)26-19)25-15-21(9-12-27-13-10-21)17-4-6-18(22)7-5-17/h4-7,14H,3,8-13,15H2,1-2H3,(H2,23,24,25). The van der Waals surface area contributed by atoms with Crippen LogP contribution in [0.2, 0.25) is 0 Å². The molecule has 2 N–H and O–H groups in total. The Labute approximate surface area is 170 Å². The van der Waals surface area contributed by atoms with E-state index in [0.29, 0.717) is 19.8 Å². The van der Waals surface area contributed by atoms with Crippen LogP contribution in [0.25, 0.3) is 0 Å². The van der Waals surface area contributed by atoms with Crippen molar-refractivity contribution in [2.45, 2.75) is 38.5 Å². The van der Waals surface area contributed by atoms with E-state index in [1.807, 2.05) is 19.1 Å². The number of halogens is 1. The van der Waals surface area contributed by atoms with Gasteiger partial charge in [0.2, 0.25) is 0 Å². The molecule has 0 atom stereocenters. The molecule has 2 heterocycles. The van der Waals surface area contributed by atoms with E-state index in [0.717, 1.165) is 54.6 Å². The minimum absolute atomic E-state index is 0.111. The Bertz CT molecular complexity index is 769. The van der Waals surface area contributed by atoms with Gasteiger partial charge in [-0.1, -0.05) is 12.1 Å². The number of ether oxygens (including phenoxy) is 1. The number of nitrogens with zero attached hydrogens (tertiary/aromatic N) is 2. The second kappa shape index (κ2) is 9.98. The fourth-order valence-corrected chi connectivity index (χ4v) is 4.15. The lowest BCUT2D eigenvalue weighted by Gasteiger charge is -2.36. The Balaban J connectivity index is 1.68. The van der Waals surface area contributed by atoms with E-state index in [2.05, 4.69) is 27.9 Å². The number of benzene rings is 1. The molecule has 5 nitrogen and oxygen atoms in total. The van der Waals surface area contributed by atoms with Crippen molar-refractivity contribution in [2.24, 2.45) is 4.99 Å². The molecule has 28 heavy (non-hydrogen) atoms. The van der Waals surface area contributed by atoms with Gasteiger partial charge in [0.1, 0.15) is 5.82 Å². The molecule has 0 amide bonds. The number of aliphatic imine (C=N–C) groups is 1. The van der Waals surface area contributed by atoms with Gasteiger partial charge in [-0.25, -0.2) is 9.37 Å². The summed E-state index contributed by atoms with van der Waals surface area (Å²) < 4.78 is 19.0. The minimum atomic E-state index is -0.207. The number of aromatic nitrogens is 1. The molecule has 1 fully saturated rings. The first-order valence-electron chi connectivity index (χ1n) is 9.88. The largest absolute Gasteiger partial charge is 0.381 e. The van der Waals surface area contributed by atoms with E-state index in [-0.39, 0.29) is 11.2 Å². The van der Waals surface area contributed by atoms with Gasteiger partial charge in [0.05, 0.1) is 17.2 Å². The first-order valence-corrected chi connectivity index (χ1v) is 10.8. The molecule has 0 saturated carbocycles. The van der Waals surface area contributed by atoms with Gasteiger partial charge in [-0.3, -0.25) is 4.99 Å². The number of thiazole rings is 1. The zero-order chi connectivity index (χ0) is 19.8. The highest BCUT2D eigenvalue weighted by molar-refractivity contribution is 7.09. The van der Waals surface area contributed by atoms with Crippen molar-refractivity contribution in [3.8, 4) is 0 Å². The lowest BCUT2D eigenvalue weighted by Crippen LogP contribution is -2.41. The van der Waals surface area contributed by atoms with Crippen molar-refractivity contribution in [3.05, 3.63) is 51.7 Å². The van der Waals surface area contributed by atoms with Crippen LogP contribution in [0.5, 0.6) is 0 Å². The lowest BCUT2D eigenvalue weighted by atomic mass is 9.74. The Morgan fingerprint density at radius 3 is 2.64 bits per heavy atom. The van der Waals surface area contributed by atoms with E-state index in [9.17, 15) is 4.39 Å². The van der Waals surface area contributed by atoms with E-state index >= 15 is 0 Å². The number of rotatable bonds is 7. The molecule has 2 aromatic rings. The van der Waals surface area contributed by atoms with Gasteiger partial charge in [0.25, 0.3) is 0 Å². The van der Waals surface area contributed by atoms with Crippen molar-refractivity contribution in [2.75, 3.05) is 32.8 Å². The van der Waals surface area contributed by atoms with Crippen LogP contribution in [0.3, 0.4) is 0 Å². The second-order valence-electron chi connectivity index (χ2n) is 7.13.